The third-order valence-corrected chi connectivity index (χ3v) is 2.99. The number of halogens is 1. The molecule has 0 saturated heterocycles. The van der Waals surface area contributed by atoms with Gasteiger partial charge in [0.05, 0.1) is 11.8 Å². The third kappa shape index (κ3) is 2.41. The van der Waals surface area contributed by atoms with Crippen molar-refractivity contribution in [3.8, 4) is 0 Å². The maximum Gasteiger partial charge on any atom is 0.337 e. The van der Waals surface area contributed by atoms with Crippen molar-refractivity contribution in [3.63, 3.8) is 0 Å². The molecule has 0 radical (unpaired) electrons. The standard InChI is InChI=1S/C13H7ClN6O2/c1-15-11-6-17-12-8(4-9(14)19-20(11)12)18-10-3-2-7(5-16-10)13(21)22/h2-6H,(H,16,18)(H,21,22). The first kappa shape index (κ1) is 13.8. The van der Waals surface area contributed by atoms with Gasteiger partial charge in [-0.3, -0.25) is 0 Å². The van der Waals surface area contributed by atoms with Crippen LogP contribution in [0.15, 0.2) is 30.6 Å². The third-order valence-electron chi connectivity index (χ3n) is 2.81. The number of imidazole rings is 1. The molecular weight excluding hydrogens is 308 g/mol. The molecule has 3 heterocycles. The van der Waals surface area contributed by atoms with E-state index in [-0.39, 0.29) is 16.5 Å². The van der Waals surface area contributed by atoms with Gasteiger partial charge in [-0.15, -0.1) is 4.52 Å². The van der Waals surface area contributed by atoms with Crippen LogP contribution in [0.25, 0.3) is 10.5 Å². The van der Waals surface area contributed by atoms with Crippen molar-refractivity contribution < 1.29 is 9.90 Å². The molecule has 0 aromatic carbocycles. The van der Waals surface area contributed by atoms with Crippen molar-refractivity contribution in [2.45, 2.75) is 0 Å². The summed E-state index contributed by atoms with van der Waals surface area (Å²) in [5, 5.41) is 16.0. The van der Waals surface area contributed by atoms with Crippen LogP contribution in [0, 0.1) is 6.57 Å². The first-order chi connectivity index (χ1) is 10.6. The summed E-state index contributed by atoms with van der Waals surface area (Å²) in [6, 6.07) is 4.49. The van der Waals surface area contributed by atoms with E-state index >= 15 is 0 Å². The van der Waals surface area contributed by atoms with Crippen molar-refractivity contribution in [1.29, 1.82) is 0 Å². The number of carbonyl (C=O) groups is 1. The fourth-order valence-electron chi connectivity index (χ4n) is 1.83. The number of carboxylic acid groups (broad SMARTS) is 1. The lowest BCUT2D eigenvalue weighted by molar-refractivity contribution is 0.0696. The van der Waals surface area contributed by atoms with E-state index in [4.69, 9.17) is 23.3 Å². The zero-order chi connectivity index (χ0) is 15.7. The summed E-state index contributed by atoms with van der Waals surface area (Å²) in [4.78, 5) is 22.2. The quantitative estimate of drug-likeness (QED) is 0.721. The molecule has 0 unspecified atom stereocenters. The van der Waals surface area contributed by atoms with E-state index in [0.717, 1.165) is 0 Å². The molecule has 0 aliphatic heterocycles. The first-order valence-corrected chi connectivity index (χ1v) is 6.34. The second-order valence-corrected chi connectivity index (χ2v) is 4.59. The van der Waals surface area contributed by atoms with Gasteiger partial charge in [-0.1, -0.05) is 23.3 Å². The van der Waals surface area contributed by atoms with Gasteiger partial charge in [-0.25, -0.2) is 14.8 Å². The number of aromatic carboxylic acids is 1. The number of nitrogens with one attached hydrogen (secondary N) is 1. The molecule has 3 aromatic heterocycles. The van der Waals surface area contributed by atoms with Gasteiger partial charge in [0.15, 0.2) is 5.15 Å². The lowest BCUT2D eigenvalue weighted by Crippen LogP contribution is -2.01. The number of pyridine rings is 1. The highest BCUT2D eigenvalue weighted by Gasteiger charge is 2.14. The summed E-state index contributed by atoms with van der Waals surface area (Å²) in [6.07, 6.45) is 2.62. The smallest absolute Gasteiger partial charge is 0.337 e. The maximum absolute atomic E-state index is 10.8. The Morgan fingerprint density at radius 2 is 2.18 bits per heavy atom. The normalized spacial score (nSPS) is 10.4. The van der Waals surface area contributed by atoms with Crippen molar-refractivity contribution in [3.05, 3.63) is 52.7 Å². The van der Waals surface area contributed by atoms with E-state index in [1.807, 2.05) is 0 Å². The first-order valence-electron chi connectivity index (χ1n) is 5.96. The molecule has 3 aromatic rings. The summed E-state index contributed by atoms with van der Waals surface area (Å²) >= 11 is 5.94. The number of rotatable bonds is 3. The van der Waals surface area contributed by atoms with Crippen LogP contribution < -0.4 is 5.32 Å². The molecule has 9 heteroatoms. The minimum Gasteiger partial charge on any atom is -0.478 e. The van der Waals surface area contributed by atoms with Gasteiger partial charge in [0.1, 0.15) is 11.5 Å². The van der Waals surface area contributed by atoms with Crippen LogP contribution in [-0.4, -0.2) is 30.7 Å². The number of carboxylic acids is 1. The molecule has 0 amide bonds. The Kier molecular flexibility index (Phi) is 3.33. The predicted octanol–water partition coefficient (Wildman–Crippen LogP) is 2.77. The molecular formula is C13H7ClN6O2. The summed E-state index contributed by atoms with van der Waals surface area (Å²) in [5.74, 6) is -0.403. The Morgan fingerprint density at radius 3 is 2.82 bits per heavy atom. The van der Waals surface area contributed by atoms with Gasteiger partial charge in [0.2, 0.25) is 0 Å². The second-order valence-electron chi connectivity index (χ2n) is 4.21. The van der Waals surface area contributed by atoms with Crippen LogP contribution in [0.2, 0.25) is 5.15 Å². The van der Waals surface area contributed by atoms with Gasteiger partial charge >= 0.3 is 5.97 Å². The molecule has 0 fully saturated rings. The van der Waals surface area contributed by atoms with Gasteiger partial charge in [0, 0.05) is 12.3 Å². The molecule has 0 aliphatic carbocycles. The predicted molar refractivity (Wildman–Crippen MR) is 78.7 cm³/mol. The Labute approximate surface area is 128 Å². The topological polar surface area (TPSA) is 96.8 Å². The van der Waals surface area contributed by atoms with Crippen molar-refractivity contribution in [1.82, 2.24) is 19.6 Å². The molecule has 0 aliphatic rings. The van der Waals surface area contributed by atoms with Gasteiger partial charge in [-0.2, -0.15) is 0 Å². The molecule has 0 atom stereocenters. The number of anilines is 2. The molecule has 22 heavy (non-hydrogen) atoms. The summed E-state index contributed by atoms with van der Waals surface area (Å²) in [7, 11) is 0. The molecule has 2 N–H and O–H groups in total. The monoisotopic (exact) mass is 314 g/mol. The highest BCUT2D eigenvalue weighted by molar-refractivity contribution is 6.29. The van der Waals surface area contributed by atoms with E-state index in [0.29, 0.717) is 17.2 Å². The fourth-order valence-corrected chi connectivity index (χ4v) is 2.01. The Balaban J connectivity index is 2.02. The summed E-state index contributed by atoms with van der Waals surface area (Å²) in [5.41, 5.74) is 1.00. The number of nitrogens with zero attached hydrogens (tertiary/aromatic N) is 5. The van der Waals surface area contributed by atoms with E-state index in [1.54, 1.807) is 6.07 Å². The Hall–Kier alpha value is -3.18. The van der Waals surface area contributed by atoms with Crippen LogP contribution in [-0.2, 0) is 0 Å². The molecule has 0 bridgehead atoms. The molecule has 3 rings (SSSR count). The minimum atomic E-state index is -1.05. The number of hydrogen-bond donors (Lipinski definition) is 2. The minimum absolute atomic E-state index is 0.0829. The average molecular weight is 315 g/mol. The zero-order valence-corrected chi connectivity index (χ0v) is 11.6. The average Bonchev–Trinajstić information content (AvgIpc) is 2.90. The van der Waals surface area contributed by atoms with Crippen LogP contribution in [0.5, 0.6) is 0 Å². The van der Waals surface area contributed by atoms with Crippen molar-refractivity contribution in [2.75, 3.05) is 5.32 Å². The van der Waals surface area contributed by atoms with Crippen LogP contribution in [0.4, 0.5) is 17.3 Å². The van der Waals surface area contributed by atoms with E-state index < -0.39 is 5.97 Å². The fraction of sp³-hybridized carbons (Fsp3) is 0. The molecule has 108 valence electrons. The van der Waals surface area contributed by atoms with E-state index in [9.17, 15) is 4.79 Å². The van der Waals surface area contributed by atoms with Crippen LogP contribution in [0.1, 0.15) is 10.4 Å². The van der Waals surface area contributed by atoms with E-state index in [1.165, 1.54) is 29.0 Å². The van der Waals surface area contributed by atoms with Gasteiger partial charge < -0.3 is 15.3 Å². The summed E-state index contributed by atoms with van der Waals surface area (Å²) < 4.78 is 1.32. The maximum atomic E-state index is 10.8. The number of aromatic nitrogens is 4. The molecule has 8 nitrogen and oxygen atoms in total. The lowest BCUT2D eigenvalue weighted by Gasteiger charge is -2.05. The second kappa shape index (κ2) is 5.31. The molecule has 0 spiro atoms. The SMILES string of the molecule is [C-]#[N+]c1cnc2c(Nc3ccc(C(=O)O)cn3)cc(Cl)nn12. The van der Waals surface area contributed by atoms with Crippen LogP contribution in [0.3, 0.4) is 0 Å². The molecule has 0 saturated carbocycles. The van der Waals surface area contributed by atoms with Crippen LogP contribution >= 0.6 is 11.6 Å². The highest BCUT2D eigenvalue weighted by atomic mass is 35.5. The largest absolute Gasteiger partial charge is 0.478 e. The van der Waals surface area contributed by atoms with E-state index in [2.05, 4.69) is 25.2 Å². The lowest BCUT2D eigenvalue weighted by atomic mass is 10.3. The van der Waals surface area contributed by atoms with Gasteiger partial charge in [0.25, 0.3) is 11.5 Å². The van der Waals surface area contributed by atoms with Crippen molar-refractivity contribution in [2.24, 2.45) is 0 Å². The Bertz CT molecular complexity index is 913. The zero-order valence-electron chi connectivity index (χ0n) is 10.9. The summed E-state index contributed by atoms with van der Waals surface area (Å²) in [6.45, 7) is 7.06. The number of fused-ring (bicyclic) bond motifs is 1. The highest BCUT2D eigenvalue weighted by Crippen LogP contribution is 2.25. The van der Waals surface area contributed by atoms with Gasteiger partial charge in [-0.05, 0) is 12.1 Å². The van der Waals surface area contributed by atoms with Crippen molar-refractivity contribution >= 4 is 40.5 Å². The Morgan fingerprint density at radius 1 is 1.36 bits per heavy atom. The number of hydrogen-bond acceptors (Lipinski definition) is 5.